The van der Waals surface area contributed by atoms with Gasteiger partial charge >= 0.3 is 0 Å². The van der Waals surface area contributed by atoms with Crippen LogP contribution < -0.4 is 5.32 Å². The predicted octanol–water partition coefficient (Wildman–Crippen LogP) is 2.20. The highest BCUT2D eigenvalue weighted by atomic mass is 35.5. The Hall–Kier alpha value is -1.73. The first kappa shape index (κ1) is 17.6. The highest BCUT2D eigenvalue weighted by molar-refractivity contribution is 7.99. The van der Waals surface area contributed by atoms with E-state index in [1.807, 2.05) is 12.1 Å². The Morgan fingerprint density at radius 3 is 2.70 bits per heavy atom. The molecule has 2 saturated heterocycles. The molecule has 2 aliphatic heterocycles. The van der Waals surface area contributed by atoms with Crippen molar-refractivity contribution in [3.05, 3.63) is 35.4 Å². The number of likely N-dealkylation sites (tertiary alicyclic amines) is 1. The number of nitrogens with one attached hydrogen (secondary N) is 1. The molecule has 0 radical (unpaired) electrons. The second-order valence-corrected chi connectivity index (χ2v) is 6.62. The number of amides is 1. The fraction of sp³-hybridized carbons (Fsp3) is 0.438. The van der Waals surface area contributed by atoms with Crippen LogP contribution in [0.1, 0.15) is 29.3 Å². The fourth-order valence-corrected chi connectivity index (χ4v) is 4.14. The predicted molar refractivity (Wildman–Crippen MR) is 90.9 cm³/mol. The topological polar surface area (TPSA) is 79.9 Å². The fourth-order valence-electron chi connectivity index (χ4n) is 2.90. The van der Waals surface area contributed by atoms with Crippen LogP contribution in [0.2, 0.25) is 0 Å². The van der Waals surface area contributed by atoms with E-state index in [4.69, 9.17) is 10.5 Å². The highest BCUT2D eigenvalue weighted by Gasteiger charge is 2.37. The molecule has 7 heteroatoms. The lowest BCUT2D eigenvalue weighted by molar-refractivity contribution is -0.132. The van der Waals surface area contributed by atoms with Crippen molar-refractivity contribution in [2.45, 2.75) is 30.3 Å². The van der Waals surface area contributed by atoms with Gasteiger partial charge in [-0.1, -0.05) is 12.1 Å². The summed E-state index contributed by atoms with van der Waals surface area (Å²) in [5, 5.41) is 21.3. The van der Waals surface area contributed by atoms with Gasteiger partial charge in [0.1, 0.15) is 6.04 Å². The van der Waals surface area contributed by atoms with Gasteiger partial charge in [-0.3, -0.25) is 10.1 Å². The molecule has 0 saturated carbocycles. The minimum absolute atomic E-state index is 0. The van der Waals surface area contributed by atoms with Crippen molar-refractivity contribution < 1.29 is 4.79 Å². The summed E-state index contributed by atoms with van der Waals surface area (Å²) in [6, 6.07) is 11.2. The largest absolute Gasteiger partial charge is 0.325 e. The number of hydrogen-bond donors (Lipinski definition) is 1. The number of rotatable bonds is 2. The van der Waals surface area contributed by atoms with Crippen LogP contribution in [-0.4, -0.2) is 35.2 Å². The Bertz CT molecular complexity index is 652. The molecule has 3 atom stereocenters. The molecule has 1 unspecified atom stereocenters. The van der Waals surface area contributed by atoms with Crippen LogP contribution in [0.4, 0.5) is 0 Å². The smallest absolute Gasteiger partial charge is 0.241 e. The van der Waals surface area contributed by atoms with Crippen molar-refractivity contribution in [2.75, 3.05) is 12.3 Å². The normalized spacial score (nSPS) is 26.2. The number of nitriles is 2. The Kier molecular flexibility index (Phi) is 5.90. The molecule has 1 N–H and O–H groups in total. The molecule has 3 rings (SSSR count). The summed E-state index contributed by atoms with van der Waals surface area (Å²) in [5.41, 5.74) is 1.70. The van der Waals surface area contributed by atoms with Crippen molar-refractivity contribution in [2.24, 2.45) is 0 Å². The number of thioether (sulfide) groups is 1. The standard InChI is InChI=1S/C16H16N4OS.ClH/c17-8-11-3-5-12(6-4-11)15-19-14(10-22-15)16(21)20-7-1-2-13(20)9-18;/h3-6,13-15,19H,1-2,7,10H2;1H/t13-,14-,15?;/m0./s1. The molecule has 120 valence electrons. The molecule has 5 nitrogen and oxygen atoms in total. The zero-order chi connectivity index (χ0) is 15.5. The molecule has 1 aromatic carbocycles. The summed E-state index contributed by atoms with van der Waals surface area (Å²) in [5.74, 6) is 0.741. The lowest BCUT2D eigenvalue weighted by atomic mass is 10.1. The second kappa shape index (κ2) is 7.70. The molecule has 0 aromatic heterocycles. The van der Waals surface area contributed by atoms with E-state index >= 15 is 0 Å². The van der Waals surface area contributed by atoms with Gasteiger partial charge in [0.05, 0.1) is 29.1 Å². The molecule has 0 bridgehead atoms. The third-order valence-electron chi connectivity index (χ3n) is 4.11. The number of halogens is 1. The number of benzene rings is 1. The summed E-state index contributed by atoms with van der Waals surface area (Å²) in [6.45, 7) is 0.682. The van der Waals surface area contributed by atoms with Gasteiger partial charge < -0.3 is 4.90 Å². The van der Waals surface area contributed by atoms with E-state index < -0.39 is 0 Å². The quantitative estimate of drug-likeness (QED) is 0.886. The highest BCUT2D eigenvalue weighted by Crippen LogP contribution is 2.34. The molecule has 23 heavy (non-hydrogen) atoms. The molecule has 0 aliphatic carbocycles. The maximum atomic E-state index is 12.6. The Morgan fingerprint density at radius 2 is 2.04 bits per heavy atom. The van der Waals surface area contributed by atoms with Gasteiger partial charge in [-0.15, -0.1) is 24.2 Å². The number of hydrogen-bond acceptors (Lipinski definition) is 5. The zero-order valence-electron chi connectivity index (χ0n) is 12.4. The molecule has 2 heterocycles. The Morgan fingerprint density at radius 1 is 1.30 bits per heavy atom. The Labute approximate surface area is 146 Å². The maximum Gasteiger partial charge on any atom is 0.241 e. The van der Waals surface area contributed by atoms with E-state index in [1.54, 1.807) is 28.8 Å². The van der Waals surface area contributed by atoms with Gasteiger partial charge in [-0.05, 0) is 30.5 Å². The summed E-state index contributed by atoms with van der Waals surface area (Å²) >= 11 is 1.69. The lowest BCUT2D eigenvalue weighted by Gasteiger charge is -2.23. The minimum Gasteiger partial charge on any atom is -0.325 e. The van der Waals surface area contributed by atoms with E-state index in [0.717, 1.165) is 18.4 Å². The third-order valence-corrected chi connectivity index (χ3v) is 5.38. The van der Waals surface area contributed by atoms with Gasteiger partial charge in [0.25, 0.3) is 0 Å². The van der Waals surface area contributed by atoms with Gasteiger partial charge in [0.2, 0.25) is 5.91 Å². The van der Waals surface area contributed by atoms with Crippen LogP contribution in [0.3, 0.4) is 0 Å². The van der Waals surface area contributed by atoms with Crippen molar-refractivity contribution in [3.63, 3.8) is 0 Å². The van der Waals surface area contributed by atoms with E-state index in [0.29, 0.717) is 17.9 Å². The van der Waals surface area contributed by atoms with Crippen LogP contribution in [0, 0.1) is 22.7 Å². The van der Waals surface area contributed by atoms with Crippen molar-refractivity contribution in [1.29, 1.82) is 10.5 Å². The number of nitrogens with zero attached hydrogens (tertiary/aromatic N) is 3. The van der Waals surface area contributed by atoms with Gasteiger partial charge in [0, 0.05) is 12.3 Å². The monoisotopic (exact) mass is 348 g/mol. The summed E-state index contributed by atoms with van der Waals surface area (Å²) in [4.78, 5) is 14.3. The van der Waals surface area contributed by atoms with E-state index in [2.05, 4.69) is 17.5 Å². The molecule has 1 aromatic rings. The summed E-state index contributed by atoms with van der Waals surface area (Å²) in [6.07, 6.45) is 1.68. The SMILES string of the molecule is Cl.N#Cc1ccc(C2N[C@H](C(=O)N3CCC[C@H]3C#N)CS2)cc1. The molecule has 2 aliphatic rings. The number of carbonyl (C=O) groups is 1. The summed E-state index contributed by atoms with van der Waals surface area (Å²) in [7, 11) is 0. The van der Waals surface area contributed by atoms with Crippen molar-refractivity contribution in [1.82, 2.24) is 10.2 Å². The van der Waals surface area contributed by atoms with E-state index in [9.17, 15) is 4.79 Å². The maximum absolute atomic E-state index is 12.6. The van der Waals surface area contributed by atoms with Crippen LogP contribution >= 0.6 is 24.2 Å². The average Bonchev–Trinajstić information content (AvgIpc) is 3.23. The van der Waals surface area contributed by atoms with Crippen LogP contribution in [0.15, 0.2) is 24.3 Å². The second-order valence-electron chi connectivity index (χ2n) is 5.49. The molecule has 2 fully saturated rings. The lowest BCUT2D eigenvalue weighted by Crippen LogP contribution is -2.46. The van der Waals surface area contributed by atoms with Crippen molar-refractivity contribution >= 4 is 30.1 Å². The molecule has 0 spiro atoms. The van der Waals surface area contributed by atoms with Crippen LogP contribution in [-0.2, 0) is 4.79 Å². The van der Waals surface area contributed by atoms with E-state index in [1.165, 1.54) is 0 Å². The molecular weight excluding hydrogens is 332 g/mol. The van der Waals surface area contributed by atoms with Gasteiger partial charge in [-0.2, -0.15) is 10.5 Å². The van der Waals surface area contributed by atoms with Crippen molar-refractivity contribution in [3.8, 4) is 12.1 Å². The van der Waals surface area contributed by atoms with Gasteiger partial charge in [-0.25, -0.2) is 0 Å². The Balaban J connectivity index is 0.00000192. The minimum atomic E-state index is -0.270. The van der Waals surface area contributed by atoms with E-state index in [-0.39, 0.29) is 35.8 Å². The van der Waals surface area contributed by atoms with Crippen LogP contribution in [0.25, 0.3) is 0 Å². The van der Waals surface area contributed by atoms with Crippen LogP contribution in [0.5, 0.6) is 0 Å². The summed E-state index contributed by atoms with van der Waals surface area (Å²) < 4.78 is 0. The first-order chi connectivity index (χ1) is 10.7. The molecular formula is C16H17ClN4OS. The first-order valence-corrected chi connectivity index (χ1v) is 8.35. The first-order valence-electron chi connectivity index (χ1n) is 7.30. The molecule has 1 amide bonds. The third kappa shape index (κ3) is 3.61. The van der Waals surface area contributed by atoms with Gasteiger partial charge in [0.15, 0.2) is 0 Å². The zero-order valence-corrected chi connectivity index (χ0v) is 14.1. The average molecular weight is 349 g/mol. The number of carbonyl (C=O) groups excluding carboxylic acids is 1.